The number of carbonyl (C=O) groups excluding carboxylic acids is 1. The van der Waals surface area contributed by atoms with Crippen LogP contribution in [0, 0.1) is 5.92 Å². The number of hydrazine groups is 1. The van der Waals surface area contributed by atoms with Crippen LogP contribution in [0.2, 0.25) is 0 Å². The summed E-state index contributed by atoms with van der Waals surface area (Å²) in [7, 11) is 0. The molecule has 1 aliphatic rings. The van der Waals surface area contributed by atoms with Gasteiger partial charge in [0.25, 0.3) is 0 Å². The van der Waals surface area contributed by atoms with Crippen LogP contribution in [0.25, 0.3) is 0 Å². The minimum atomic E-state index is -0.317. The molecule has 4 nitrogen and oxygen atoms in total. The van der Waals surface area contributed by atoms with Crippen molar-refractivity contribution < 1.29 is 4.79 Å². The van der Waals surface area contributed by atoms with Crippen LogP contribution in [0.1, 0.15) is 40.0 Å². The van der Waals surface area contributed by atoms with Gasteiger partial charge in [0.05, 0.1) is 5.69 Å². The highest BCUT2D eigenvalue weighted by Crippen LogP contribution is 2.27. The first-order valence-corrected chi connectivity index (χ1v) is 7.05. The minimum absolute atomic E-state index is 0.0728. The van der Waals surface area contributed by atoms with Crippen LogP contribution in [0.5, 0.6) is 0 Å². The number of nitrogens with zero attached hydrogens (tertiary/aromatic N) is 1. The topological polar surface area (TPSA) is 44.4 Å². The van der Waals surface area contributed by atoms with E-state index in [1.54, 1.807) is 5.01 Å². The van der Waals surface area contributed by atoms with Gasteiger partial charge >= 0.3 is 6.03 Å². The first-order chi connectivity index (χ1) is 9.10. The summed E-state index contributed by atoms with van der Waals surface area (Å²) in [5.41, 5.74) is 3.92. The molecule has 0 bridgehead atoms. The van der Waals surface area contributed by atoms with Crippen molar-refractivity contribution in [2.24, 2.45) is 5.92 Å². The van der Waals surface area contributed by atoms with Crippen molar-refractivity contribution in [3.63, 3.8) is 0 Å². The Balaban J connectivity index is 2.17. The Bertz CT molecular complexity index is 434. The van der Waals surface area contributed by atoms with Gasteiger partial charge in [-0.2, -0.15) is 0 Å². The molecule has 0 spiro atoms. The van der Waals surface area contributed by atoms with Gasteiger partial charge < -0.3 is 5.32 Å². The van der Waals surface area contributed by atoms with Gasteiger partial charge in [0.2, 0.25) is 0 Å². The molecule has 1 fully saturated rings. The summed E-state index contributed by atoms with van der Waals surface area (Å²) < 4.78 is 0. The van der Waals surface area contributed by atoms with Gasteiger partial charge in [0.15, 0.2) is 0 Å². The summed E-state index contributed by atoms with van der Waals surface area (Å²) in [5.74, 6) is 0.573. The van der Waals surface area contributed by atoms with Crippen LogP contribution in [0.15, 0.2) is 30.3 Å². The van der Waals surface area contributed by atoms with Crippen LogP contribution in [-0.4, -0.2) is 11.7 Å². The van der Waals surface area contributed by atoms with Crippen molar-refractivity contribution in [3.8, 4) is 0 Å². The number of nitrogens with one attached hydrogen (secondary N) is 2. The molecule has 2 N–H and O–H groups in total. The van der Waals surface area contributed by atoms with E-state index in [0.29, 0.717) is 5.92 Å². The van der Waals surface area contributed by atoms with Gasteiger partial charge in [-0.3, -0.25) is 0 Å². The fourth-order valence-electron chi connectivity index (χ4n) is 2.46. The lowest BCUT2D eigenvalue weighted by atomic mass is 9.93. The third kappa shape index (κ3) is 2.89. The van der Waals surface area contributed by atoms with Gasteiger partial charge in [0, 0.05) is 0 Å². The molecule has 2 atom stereocenters. The van der Waals surface area contributed by atoms with Crippen molar-refractivity contribution in [3.05, 3.63) is 30.3 Å². The number of carbonyl (C=O) groups is 1. The lowest BCUT2D eigenvalue weighted by molar-refractivity contribution is 0.231. The first kappa shape index (κ1) is 13.9. The summed E-state index contributed by atoms with van der Waals surface area (Å²) in [5, 5.41) is 4.72. The smallest absolute Gasteiger partial charge is 0.317 e. The number of amides is 2. The van der Waals surface area contributed by atoms with E-state index >= 15 is 0 Å². The second-order valence-electron chi connectivity index (χ2n) is 5.37. The maximum absolute atomic E-state index is 12.2. The predicted octanol–water partition coefficient (Wildman–Crippen LogP) is 3.26. The summed E-state index contributed by atoms with van der Waals surface area (Å²) >= 11 is 0. The SMILES string of the molecule is CC[C@@H](C)C[C@]1(CC)NC(=O)N(c2ccccc2)N1. The van der Waals surface area contributed by atoms with Crippen LogP contribution >= 0.6 is 0 Å². The van der Waals surface area contributed by atoms with Crippen molar-refractivity contribution in [1.29, 1.82) is 0 Å². The van der Waals surface area contributed by atoms with Gasteiger partial charge in [-0.1, -0.05) is 45.4 Å². The molecule has 2 rings (SSSR count). The molecule has 4 heteroatoms. The Kier molecular flexibility index (Phi) is 4.10. The molecule has 1 aromatic rings. The maximum atomic E-state index is 12.2. The standard InChI is InChI=1S/C15H23N3O/c1-4-12(3)11-15(5-2)16-14(19)18(17-15)13-9-7-6-8-10-13/h6-10,12,17H,4-5,11H2,1-3H3,(H,16,19)/t12-,15-/m1/s1. The molecule has 1 heterocycles. The fourth-order valence-corrected chi connectivity index (χ4v) is 2.46. The molecule has 1 aliphatic heterocycles. The van der Waals surface area contributed by atoms with Crippen molar-refractivity contribution in [1.82, 2.24) is 10.7 Å². The zero-order valence-corrected chi connectivity index (χ0v) is 11.9. The quantitative estimate of drug-likeness (QED) is 0.854. The second-order valence-corrected chi connectivity index (χ2v) is 5.37. The van der Waals surface area contributed by atoms with Gasteiger partial charge in [0.1, 0.15) is 5.66 Å². The normalized spacial score (nSPS) is 24.4. The number of para-hydroxylation sites is 1. The Morgan fingerprint density at radius 1 is 1.26 bits per heavy atom. The third-order valence-electron chi connectivity index (χ3n) is 3.89. The number of rotatable bonds is 5. The van der Waals surface area contributed by atoms with Crippen LogP contribution in [0.3, 0.4) is 0 Å². The molecular formula is C15H23N3O. The molecule has 2 amide bonds. The lowest BCUT2D eigenvalue weighted by Gasteiger charge is -2.30. The Labute approximate surface area is 115 Å². The van der Waals surface area contributed by atoms with Crippen molar-refractivity contribution in [2.45, 2.75) is 45.7 Å². The van der Waals surface area contributed by atoms with E-state index < -0.39 is 0 Å². The Morgan fingerprint density at radius 2 is 1.95 bits per heavy atom. The van der Waals surface area contributed by atoms with E-state index in [9.17, 15) is 4.79 Å². The highest BCUT2D eigenvalue weighted by Gasteiger charge is 2.41. The number of anilines is 1. The summed E-state index contributed by atoms with van der Waals surface area (Å²) in [6, 6.07) is 9.61. The van der Waals surface area contributed by atoms with Crippen LogP contribution in [-0.2, 0) is 0 Å². The molecule has 1 saturated heterocycles. The average molecular weight is 261 g/mol. The van der Waals surface area contributed by atoms with Gasteiger partial charge in [-0.25, -0.2) is 15.2 Å². The first-order valence-electron chi connectivity index (χ1n) is 7.05. The minimum Gasteiger partial charge on any atom is -0.317 e. The highest BCUT2D eigenvalue weighted by molar-refractivity contribution is 5.93. The fraction of sp³-hybridized carbons (Fsp3) is 0.533. The van der Waals surface area contributed by atoms with Crippen LogP contribution < -0.4 is 15.8 Å². The lowest BCUT2D eigenvalue weighted by Crippen LogP contribution is -2.51. The Morgan fingerprint density at radius 3 is 2.53 bits per heavy atom. The monoisotopic (exact) mass is 261 g/mol. The molecule has 0 radical (unpaired) electrons. The van der Waals surface area contributed by atoms with Gasteiger partial charge in [-0.05, 0) is 30.9 Å². The molecule has 1 aromatic carbocycles. The van der Waals surface area contributed by atoms with E-state index in [0.717, 1.165) is 24.9 Å². The number of hydrogen-bond acceptors (Lipinski definition) is 2. The molecule has 0 aliphatic carbocycles. The molecule has 0 aromatic heterocycles. The van der Waals surface area contributed by atoms with E-state index in [2.05, 4.69) is 31.5 Å². The van der Waals surface area contributed by atoms with Crippen molar-refractivity contribution in [2.75, 3.05) is 5.01 Å². The number of benzene rings is 1. The van der Waals surface area contributed by atoms with E-state index in [1.165, 1.54) is 0 Å². The number of urea groups is 1. The molecular weight excluding hydrogens is 238 g/mol. The Hall–Kier alpha value is -1.55. The summed E-state index contributed by atoms with van der Waals surface area (Å²) in [6.07, 6.45) is 2.92. The summed E-state index contributed by atoms with van der Waals surface area (Å²) in [6.45, 7) is 6.50. The predicted molar refractivity (Wildman–Crippen MR) is 77.7 cm³/mol. The van der Waals surface area contributed by atoms with Gasteiger partial charge in [-0.15, -0.1) is 0 Å². The molecule has 104 valence electrons. The van der Waals surface area contributed by atoms with E-state index in [4.69, 9.17) is 0 Å². The summed E-state index contributed by atoms with van der Waals surface area (Å²) in [4.78, 5) is 12.2. The second kappa shape index (κ2) is 5.61. The molecule has 0 unspecified atom stereocenters. The average Bonchev–Trinajstić information content (AvgIpc) is 2.77. The zero-order chi connectivity index (χ0) is 13.9. The molecule has 19 heavy (non-hydrogen) atoms. The van der Waals surface area contributed by atoms with E-state index in [1.807, 2.05) is 30.3 Å². The maximum Gasteiger partial charge on any atom is 0.338 e. The van der Waals surface area contributed by atoms with Crippen LogP contribution in [0.4, 0.5) is 10.5 Å². The molecule has 0 saturated carbocycles. The van der Waals surface area contributed by atoms with E-state index in [-0.39, 0.29) is 11.7 Å². The van der Waals surface area contributed by atoms with Crippen molar-refractivity contribution >= 4 is 11.7 Å². The number of hydrogen-bond donors (Lipinski definition) is 2. The third-order valence-corrected chi connectivity index (χ3v) is 3.89. The zero-order valence-electron chi connectivity index (χ0n) is 11.9. The highest BCUT2D eigenvalue weighted by atomic mass is 16.2. The largest absolute Gasteiger partial charge is 0.338 e.